The lowest BCUT2D eigenvalue weighted by Gasteiger charge is -2.48. The van der Waals surface area contributed by atoms with E-state index >= 15 is 0 Å². The second-order valence-electron chi connectivity index (χ2n) is 8.29. The Bertz CT molecular complexity index is 1320. The molecule has 2 amide bonds. The second-order valence-corrected chi connectivity index (χ2v) is 9.13. The fourth-order valence-corrected chi connectivity index (χ4v) is 6.44. The molecule has 1 heterocycles. The maximum absolute atomic E-state index is 13.8. The molecule has 1 fully saturated rings. The Labute approximate surface area is 192 Å². The average Bonchev–Trinajstić information content (AvgIpc) is 3.05. The van der Waals surface area contributed by atoms with Crippen LogP contribution in [-0.2, 0) is 15.1 Å². The molecule has 3 aromatic carbocycles. The highest BCUT2D eigenvalue weighted by molar-refractivity contribution is 6.38. The second kappa shape index (κ2) is 6.40. The number of hydrogen-bond acceptors (Lipinski definition) is 4. The predicted molar refractivity (Wildman–Crippen MR) is 118 cm³/mol. The lowest BCUT2D eigenvalue weighted by Crippen LogP contribution is -2.57. The zero-order valence-electron chi connectivity index (χ0n) is 16.4. The Morgan fingerprint density at radius 2 is 1.47 bits per heavy atom. The number of rotatable bonds is 2. The van der Waals surface area contributed by atoms with Crippen molar-refractivity contribution in [1.29, 1.82) is 0 Å². The van der Waals surface area contributed by atoms with Crippen LogP contribution in [0.1, 0.15) is 28.2 Å². The van der Waals surface area contributed by atoms with Gasteiger partial charge in [-0.1, -0.05) is 71.7 Å². The van der Waals surface area contributed by atoms with Gasteiger partial charge in [-0.3, -0.25) is 19.7 Å². The molecule has 0 unspecified atom stereocenters. The summed E-state index contributed by atoms with van der Waals surface area (Å²) in [4.78, 5) is 41.1. The zero-order valence-corrected chi connectivity index (χ0v) is 17.9. The molecule has 8 heteroatoms. The molecule has 4 aliphatic rings. The highest BCUT2D eigenvalue weighted by Crippen LogP contribution is 2.64. The number of nitrogens with zero attached hydrogens (tertiary/aromatic N) is 2. The Morgan fingerprint density at radius 3 is 2.03 bits per heavy atom. The van der Waals surface area contributed by atoms with Gasteiger partial charge in [-0.2, -0.15) is 0 Å². The van der Waals surface area contributed by atoms with E-state index in [-0.39, 0.29) is 10.7 Å². The molecule has 0 saturated carbocycles. The van der Waals surface area contributed by atoms with Crippen LogP contribution in [0.15, 0.2) is 66.7 Å². The molecule has 0 aromatic heterocycles. The van der Waals surface area contributed by atoms with Crippen LogP contribution in [0.3, 0.4) is 0 Å². The molecule has 158 valence electrons. The van der Waals surface area contributed by atoms with Crippen molar-refractivity contribution in [3.63, 3.8) is 0 Å². The maximum atomic E-state index is 13.8. The standard InChI is InChI=1S/C24H14Cl2N2O4/c25-12-9-10-18(17(26)11-12)27-22(29)20-19-13-5-1-3-7-15(13)24(28(31)32,21(20)23(27)30)16-8-4-2-6-14(16)19/h1-11,19-21H/t19?,20-,21+,24?/m1/s1. The fraction of sp³-hybridized carbons (Fsp3) is 0.167. The molecule has 6 nitrogen and oxygen atoms in total. The van der Waals surface area contributed by atoms with E-state index < -0.39 is 40.0 Å². The van der Waals surface area contributed by atoms with Crippen molar-refractivity contribution in [2.75, 3.05) is 4.90 Å². The SMILES string of the molecule is O=C1[C@@H]2C3c4ccccc4C([N+](=O)[O-])(c4ccccc43)[C@@H]2C(=O)N1c1ccc(Cl)cc1Cl. The number of carbonyl (C=O) groups excluding carboxylic acids is 2. The first-order chi connectivity index (χ1) is 15.4. The van der Waals surface area contributed by atoms with Crippen molar-refractivity contribution in [2.45, 2.75) is 11.5 Å². The molecular weight excluding hydrogens is 451 g/mol. The number of amides is 2. The van der Waals surface area contributed by atoms with Gasteiger partial charge in [0.15, 0.2) is 0 Å². The summed E-state index contributed by atoms with van der Waals surface area (Å²) in [5, 5.41) is 13.4. The molecule has 2 bridgehead atoms. The average molecular weight is 465 g/mol. The van der Waals surface area contributed by atoms with Gasteiger partial charge in [-0.25, -0.2) is 4.90 Å². The summed E-state index contributed by atoms with van der Waals surface area (Å²) in [6, 6.07) is 18.6. The van der Waals surface area contributed by atoms with Gasteiger partial charge in [0.25, 0.3) is 5.54 Å². The molecule has 3 aromatic rings. The van der Waals surface area contributed by atoms with Crippen molar-refractivity contribution in [3.05, 3.63) is 109 Å². The molecule has 2 atom stereocenters. The third-order valence-corrected chi connectivity index (χ3v) is 7.55. The fourth-order valence-electron chi connectivity index (χ4n) is 5.94. The molecule has 0 spiro atoms. The van der Waals surface area contributed by atoms with E-state index in [1.165, 1.54) is 18.2 Å². The normalized spacial score (nSPS) is 27.2. The van der Waals surface area contributed by atoms with Crippen LogP contribution in [-0.4, -0.2) is 16.7 Å². The molecule has 1 saturated heterocycles. The van der Waals surface area contributed by atoms with Gasteiger partial charge in [0.1, 0.15) is 5.92 Å². The molecule has 3 aliphatic carbocycles. The van der Waals surface area contributed by atoms with E-state index in [9.17, 15) is 19.7 Å². The van der Waals surface area contributed by atoms with Gasteiger partial charge in [0.2, 0.25) is 11.8 Å². The van der Waals surface area contributed by atoms with Crippen LogP contribution in [0.25, 0.3) is 0 Å². The maximum Gasteiger partial charge on any atom is 0.285 e. The van der Waals surface area contributed by atoms with Crippen molar-refractivity contribution in [3.8, 4) is 0 Å². The summed E-state index contributed by atoms with van der Waals surface area (Å²) >= 11 is 12.3. The third kappa shape index (κ3) is 2.11. The molecule has 32 heavy (non-hydrogen) atoms. The third-order valence-electron chi connectivity index (χ3n) is 7.01. The first-order valence-electron chi connectivity index (χ1n) is 10.0. The Hall–Kier alpha value is -3.22. The highest BCUT2D eigenvalue weighted by Gasteiger charge is 2.74. The van der Waals surface area contributed by atoms with E-state index in [2.05, 4.69) is 0 Å². The first kappa shape index (κ1) is 19.5. The van der Waals surface area contributed by atoms with E-state index in [1.54, 1.807) is 36.4 Å². The van der Waals surface area contributed by atoms with Gasteiger partial charge < -0.3 is 0 Å². The Balaban J connectivity index is 1.67. The Kier molecular flexibility index (Phi) is 3.89. The largest absolute Gasteiger partial charge is 0.285 e. The highest BCUT2D eigenvalue weighted by atomic mass is 35.5. The van der Waals surface area contributed by atoms with Crippen LogP contribution in [0.4, 0.5) is 5.69 Å². The predicted octanol–water partition coefficient (Wildman–Crippen LogP) is 4.78. The van der Waals surface area contributed by atoms with E-state index in [0.717, 1.165) is 4.90 Å². The van der Waals surface area contributed by atoms with Crippen LogP contribution < -0.4 is 4.90 Å². The molecule has 1 aliphatic heterocycles. The number of carbonyl (C=O) groups is 2. The number of anilines is 1. The molecule has 7 rings (SSSR count). The summed E-state index contributed by atoms with van der Waals surface area (Å²) in [6.07, 6.45) is 0. The van der Waals surface area contributed by atoms with Gasteiger partial charge in [0.05, 0.1) is 16.6 Å². The van der Waals surface area contributed by atoms with Crippen molar-refractivity contribution in [1.82, 2.24) is 0 Å². The van der Waals surface area contributed by atoms with Crippen LogP contribution in [0.5, 0.6) is 0 Å². The van der Waals surface area contributed by atoms with Crippen LogP contribution in [0, 0.1) is 22.0 Å². The summed E-state index contributed by atoms with van der Waals surface area (Å²) < 4.78 is 0. The van der Waals surface area contributed by atoms with E-state index in [1.807, 2.05) is 12.1 Å². The lowest BCUT2D eigenvalue weighted by molar-refractivity contribution is -0.578. The van der Waals surface area contributed by atoms with Crippen molar-refractivity contribution >= 4 is 40.7 Å². The number of hydrogen-bond donors (Lipinski definition) is 0. The molecule has 0 N–H and O–H groups in total. The monoisotopic (exact) mass is 464 g/mol. The van der Waals surface area contributed by atoms with Crippen LogP contribution in [0.2, 0.25) is 10.0 Å². The van der Waals surface area contributed by atoms with Gasteiger partial charge in [-0.05, 0) is 29.3 Å². The first-order valence-corrected chi connectivity index (χ1v) is 10.8. The number of nitro groups is 1. The van der Waals surface area contributed by atoms with E-state index in [0.29, 0.717) is 27.3 Å². The van der Waals surface area contributed by atoms with Gasteiger partial charge in [0, 0.05) is 27.0 Å². The van der Waals surface area contributed by atoms with Crippen molar-refractivity contribution < 1.29 is 14.5 Å². The molecular formula is C24H14Cl2N2O4. The van der Waals surface area contributed by atoms with E-state index in [4.69, 9.17) is 23.2 Å². The van der Waals surface area contributed by atoms with Gasteiger partial charge in [-0.15, -0.1) is 0 Å². The number of halogens is 2. The zero-order chi connectivity index (χ0) is 22.4. The Morgan fingerprint density at radius 1 is 0.875 bits per heavy atom. The molecule has 0 radical (unpaired) electrons. The topological polar surface area (TPSA) is 80.5 Å². The number of benzene rings is 3. The van der Waals surface area contributed by atoms with Gasteiger partial charge >= 0.3 is 0 Å². The quantitative estimate of drug-likeness (QED) is 0.310. The minimum absolute atomic E-state index is 0.135. The summed E-state index contributed by atoms with van der Waals surface area (Å²) in [5.74, 6) is -3.63. The summed E-state index contributed by atoms with van der Waals surface area (Å²) in [7, 11) is 0. The van der Waals surface area contributed by atoms with Crippen LogP contribution >= 0.6 is 23.2 Å². The minimum atomic E-state index is -1.85. The summed E-state index contributed by atoms with van der Waals surface area (Å²) in [5.41, 5.74) is 0.711. The summed E-state index contributed by atoms with van der Waals surface area (Å²) in [6.45, 7) is 0. The lowest BCUT2D eigenvalue weighted by atomic mass is 9.51. The van der Waals surface area contributed by atoms with Crippen molar-refractivity contribution in [2.24, 2.45) is 11.8 Å². The number of imide groups is 1. The smallest absolute Gasteiger partial charge is 0.274 e. The minimum Gasteiger partial charge on any atom is -0.274 e.